The smallest absolute Gasteiger partial charge is 0.00201 e. The van der Waals surface area contributed by atoms with Crippen molar-refractivity contribution in [3.8, 4) is 44.5 Å². The maximum atomic E-state index is 2.38. The molecule has 0 fully saturated rings. The van der Waals surface area contributed by atoms with Gasteiger partial charge in [0.25, 0.3) is 0 Å². The van der Waals surface area contributed by atoms with Crippen LogP contribution >= 0.6 is 0 Å². The first-order valence-corrected chi connectivity index (χ1v) is 16.2. The minimum absolute atomic E-state index is 1.11. The van der Waals surface area contributed by atoms with Crippen molar-refractivity contribution in [2.24, 2.45) is 0 Å². The number of benzene rings is 8. The first kappa shape index (κ1) is 26.7. The molecule has 0 nitrogen and oxygen atoms in total. The minimum Gasteiger partial charge on any atom is -0.0836 e. The second-order valence-corrected chi connectivity index (χ2v) is 12.3. The third kappa shape index (κ3) is 4.37. The van der Waals surface area contributed by atoms with Crippen LogP contribution in [0.2, 0.25) is 0 Å². The van der Waals surface area contributed by atoms with Crippen molar-refractivity contribution in [2.45, 2.75) is 12.8 Å². The lowest BCUT2D eigenvalue weighted by Gasteiger charge is -2.19. The molecule has 8 aromatic rings. The Morgan fingerprint density at radius 2 is 0.891 bits per heavy atom. The maximum Gasteiger partial charge on any atom is -0.00201 e. The Morgan fingerprint density at radius 3 is 1.63 bits per heavy atom. The van der Waals surface area contributed by atoms with Crippen LogP contribution in [0.3, 0.4) is 0 Å². The van der Waals surface area contributed by atoms with E-state index < -0.39 is 0 Å². The highest BCUT2D eigenvalue weighted by atomic mass is 14.2. The number of hydrogen-bond donors (Lipinski definition) is 0. The third-order valence-electron chi connectivity index (χ3n) is 9.71. The van der Waals surface area contributed by atoms with E-state index >= 15 is 0 Å². The van der Waals surface area contributed by atoms with Crippen molar-refractivity contribution < 1.29 is 0 Å². The molecule has 0 radical (unpaired) electrons. The van der Waals surface area contributed by atoms with Gasteiger partial charge in [0.05, 0.1) is 0 Å². The SMILES string of the molecule is C1=Cc2c(cccc2-c2cccc(-c3cccc(-c4c5ccccc5c(-c5cccc6ccccc56)c5ccccc45)c3)c2)CC1. The molecule has 0 saturated heterocycles. The van der Waals surface area contributed by atoms with E-state index in [1.165, 1.54) is 88.0 Å². The molecule has 9 rings (SSSR count). The average molecular weight is 585 g/mol. The van der Waals surface area contributed by atoms with Gasteiger partial charge in [-0.1, -0.05) is 158 Å². The monoisotopic (exact) mass is 584 g/mol. The summed E-state index contributed by atoms with van der Waals surface area (Å²) in [5.41, 5.74) is 13.0. The Balaban J connectivity index is 1.24. The Hall–Kier alpha value is -5.72. The first-order chi connectivity index (χ1) is 22.8. The molecule has 0 unspecified atom stereocenters. The standard InChI is InChI=1S/C46H32/c1-3-21-37-31(13-1)15-11-27-39(37)35-19-9-17-33(29-35)34-18-10-20-36(30-34)45-41-23-5-7-25-43(41)46(44-26-8-6-24-42(44)45)40-28-12-16-32-14-2-4-22-38(32)40/h2-12,14-30H,1,13H2. The fourth-order valence-corrected chi connectivity index (χ4v) is 7.61. The zero-order valence-electron chi connectivity index (χ0n) is 25.6. The van der Waals surface area contributed by atoms with E-state index in [-0.39, 0.29) is 0 Å². The van der Waals surface area contributed by atoms with Crippen molar-refractivity contribution >= 4 is 38.4 Å². The molecule has 216 valence electrons. The van der Waals surface area contributed by atoms with Gasteiger partial charge in [0.1, 0.15) is 0 Å². The highest BCUT2D eigenvalue weighted by Gasteiger charge is 2.18. The molecule has 0 spiro atoms. The van der Waals surface area contributed by atoms with Gasteiger partial charge >= 0.3 is 0 Å². The van der Waals surface area contributed by atoms with Crippen LogP contribution in [0.25, 0.3) is 82.9 Å². The first-order valence-electron chi connectivity index (χ1n) is 16.2. The molecule has 0 saturated carbocycles. The predicted molar refractivity (Wildman–Crippen MR) is 198 cm³/mol. The summed E-state index contributed by atoms with van der Waals surface area (Å²) in [6.45, 7) is 0. The van der Waals surface area contributed by atoms with E-state index in [0.29, 0.717) is 0 Å². The fourth-order valence-electron chi connectivity index (χ4n) is 7.61. The summed E-state index contributed by atoms with van der Waals surface area (Å²) in [6, 6.07) is 58.2. The van der Waals surface area contributed by atoms with E-state index in [2.05, 4.69) is 170 Å². The third-order valence-corrected chi connectivity index (χ3v) is 9.71. The summed E-state index contributed by atoms with van der Waals surface area (Å²) in [6.07, 6.45) is 6.84. The van der Waals surface area contributed by atoms with Crippen molar-refractivity contribution in [3.05, 3.63) is 175 Å². The van der Waals surface area contributed by atoms with Gasteiger partial charge in [0.15, 0.2) is 0 Å². The summed E-state index contributed by atoms with van der Waals surface area (Å²) in [5.74, 6) is 0. The molecule has 0 heterocycles. The number of hydrogen-bond acceptors (Lipinski definition) is 0. The summed E-state index contributed by atoms with van der Waals surface area (Å²) >= 11 is 0. The predicted octanol–water partition coefficient (Wildman–Crippen LogP) is 12.8. The second-order valence-electron chi connectivity index (χ2n) is 12.3. The minimum atomic E-state index is 1.11. The van der Waals surface area contributed by atoms with Crippen molar-refractivity contribution in [1.82, 2.24) is 0 Å². The zero-order valence-corrected chi connectivity index (χ0v) is 25.6. The van der Waals surface area contributed by atoms with E-state index in [9.17, 15) is 0 Å². The lowest BCUT2D eigenvalue weighted by Crippen LogP contribution is -1.96. The number of allylic oxidation sites excluding steroid dienone is 1. The molecular formula is C46H32. The van der Waals surface area contributed by atoms with Gasteiger partial charge in [-0.25, -0.2) is 0 Å². The Morgan fingerprint density at radius 1 is 0.370 bits per heavy atom. The van der Waals surface area contributed by atoms with Gasteiger partial charge in [-0.15, -0.1) is 0 Å². The number of aryl methyl sites for hydroxylation is 1. The lowest BCUT2D eigenvalue weighted by atomic mass is 9.84. The molecule has 1 aliphatic carbocycles. The van der Waals surface area contributed by atoms with Crippen LogP contribution in [-0.2, 0) is 6.42 Å². The van der Waals surface area contributed by atoms with E-state index in [1.807, 2.05) is 0 Å². The topological polar surface area (TPSA) is 0 Å². The molecule has 0 bridgehead atoms. The van der Waals surface area contributed by atoms with Crippen LogP contribution in [-0.4, -0.2) is 0 Å². The van der Waals surface area contributed by atoms with Crippen LogP contribution in [0.5, 0.6) is 0 Å². The summed E-state index contributed by atoms with van der Waals surface area (Å²) < 4.78 is 0. The largest absolute Gasteiger partial charge is 0.0836 e. The highest BCUT2D eigenvalue weighted by molar-refractivity contribution is 6.23. The zero-order chi connectivity index (χ0) is 30.5. The van der Waals surface area contributed by atoms with Gasteiger partial charge in [0.2, 0.25) is 0 Å². The van der Waals surface area contributed by atoms with Gasteiger partial charge in [-0.05, 0) is 113 Å². The summed E-state index contributed by atoms with van der Waals surface area (Å²) in [7, 11) is 0. The van der Waals surface area contributed by atoms with Gasteiger partial charge in [-0.3, -0.25) is 0 Å². The molecule has 0 aromatic heterocycles. The van der Waals surface area contributed by atoms with Gasteiger partial charge < -0.3 is 0 Å². The van der Waals surface area contributed by atoms with Crippen molar-refractivity contribution in [3.63, 3.8) is 0 Å². The summed E-state index contributed by atoms with van der Waals surface area (Å²) in [4.78, 5) is 0. The number of fused-ring (bicyclic) bond motifs is 4. The van der Waals surface area contributed by atoms with E-state index in [1.54, 1.807) is 0 Å². The Bertz CT molecular complexity index is 2410. The maximum absolute atomic E-state index is 2.38. The van der Waals surface area contributed by atoms with Crippen LogP contribution in [0.4, 0.5) is 0 Å². The Kier molecular flexibility index (Phi) is 6.39. The lowest BCUT2D eigenvalue weighted by molar-refractivity contribution is 0.986. The molecule has 0 heteroatoms. The van der Waals surface area contributed by atoms with E-state index in [4.69, 9.17) is 0 Å². The molecule has 8 aromatic carbocycles. The molecule has 0 amide bonds. The van der Waals surface area contributed by atoms with Crippen molar-refractivity contribution in [2.75, 3.05) is 0 Å². The molecular weight excluding hydrogens is 553 g/mol. The van der Waals surface area contributed by atoms with Crippen LogP contribution in [0.1, 0.15) is 17.5 Å². The summed E-state index contributed by atoms with van der Waals surface area (Å²) in [5, 5.41) is 7.66. The molecule has 0 N–H and O–H groups in total. The van der Waals surface area contributed by atoms with Crippen LogP contribution < -0.4 is 0 Å². The van der Waals surface area contributed by atoms with Crippen LogP contribution in [0.15, 0.2) is 164 Å². The van der Waals surface area contributed by atoms with Crippen molar-refractivity contribution in [1.29, 1.82) is 0 Å². The van der Waals surface area contributed by atoms with E-state index in [0.717, 1.165) is 12.8 Å². The highest BCUT2D eigenvalue weighted by Crippen LogP contribution is 2.45. The molecule has 1 aliphatic rings. The normalized spacial score (nSPS) is 12.5. The molecule has 0 atom stereocenters. The quantitative estimate of drug-likeness (QED) is 0.181. The van der Waals surface area contributed by atoms with Gasteiger partial charge in [-0.2, -0.15) is 0 Å². The van der Waals surface area contributed by atoms with Crippen LogP contribution in [0, 0.1) is 0 Å². The molecule has 0 aliphatic heterocycles. The second kappa shape index (κ2) is 11.0. The average Bonchev–Trinajstić information content (AvgIpc) is 3.13. The molecule has 46 heavy (non-hydrogen) atoms. The fraction of sp³-hybridized carbons (Fsp3) is 0.0435. The Labute approximate surface area is 269 Å². The van der Waals surface area contributed by atoms with Gasteiger partial charge in [0, 0.05) is 0 Å². The number of rotatable bonds is 4.